The Labute approximate surface area is 164 Å². The van der Waals surface area contributed by atoms with Gasteiger partial charge in [0.25, 0.3) is 0 Å². The molecule has 2 aromatic rings. The van der Waals surface area contributed by atoms with Crippen molar-refractivity contribution in [2.24, 2.45) is 10.1 Å². The second-order valence-corrected chi connectivity index (χ2v) is 7.72. The third-order valence-corrected chi connectivity index (χ3v) is 4.79. The first-order chi connectivity index (χ1) is 13.4. The third kappa shape index (κ3) is 4.81. The standard InChI is InChI=1S/C19H22N4O4S/c1-26-17-8-4-7-15(19(17)27-2)16-10-18(22-12-21-16)23-14-6-3-5-13(9-14)11-28(20,24)25/h3-10,22-23H,11-12H2,1-2H3,(H2,20,24,25). The van der Waals surface area contributed by atoms with Crippen molar-refractivity contribution in [1.82, 2.24) is 5.32 Å². The average Bonchev–Trinajstić information content (AvgIpc) is 2.66. The number of aliphatic imine (C=N–C) groups is 1. The van der Waals surface area contributed by atoms with Gasteiger partial charge in [0.2, 0.25) is 10.0 Å². The predicted octanol–water partition coefficient (Wildman–Crippen LogP) is 1.80. The number of sulfonamides is 1. The van der Waals surface area contributed by atoms with Crippen molar-refractivity contribution in [2.45, 2.75) is 5.75 Å². The quantitative estimate of drug-likeness (QED) is 0.650. The molecule has 0 atom stereocenters. The van der Waals surface area contributed by atoms with Crippen molar-refractivity contribution < 1.29 is 17.9 Å². The second kappa shape index (κ2) is 8.32. The van der Waals surface area contributed by atoms with Crippen molar-refractivity contribution in [3.63, 3.8) is 0 Å². The van der Waals surface area contributed by atoms with E-state index in [-0.39, 0.29) is 5.75 Å². The molecule has 0 spiro atoms. The molecule has 0 unspecified atom stereocenters. The molecular weight excluding hydrogens is 380 g/mol. The van der Waals surface area contributed by atoms with Crippen LogP contribution in [0.25, 0.3) is 0 Å². The monoisotopic (exact) mass is 402 g/mol. The number of methoxy groups -OCH3 is 2. The maximum Gasteiger partial charge on any atom is 0.213 e. The van der Waals surface area contributed by atoms with Crippen LogP contribution in [0.4, 0.5) is 5.69 Å². The lowest BCUT2D eigenvalue weighted by molar-refractivity contribution is 0.354. The SMILES string of the molecule is COc1cccc(C2=NCNC(Nc3cccc(CS(N)(=O)=O)c3)=C2)c1OC. The number of ether oxygens (including phenoxy) is 2. The highest BCUT2D eigenvalue weighted by atomic mass is 32.2. The van der Waals surface area contributed by atoms with Crippen LogP contribution in [0.3, 0.4) is 0 Å². The molecule has 4 N–H and O–H groups in total. The Morgan fingerprint density at radius 1 is 1.18 bits per heavy atom. The first-order valence-corrected chi connectivity index (χ1v) is 10.2. The van der Waals surface area contributed by atoms with Gasteiger partial charge in [-0.2, -0.15) is 0 Å². The van der Waals surface area contributed by atoms with Crippen LogP contribution in [0, 0.1) is 0 Å². The fraction of sp³-hybridized carbons (Fsp3) is 0.211. The summed E-state index contributed by atoms with van der Waals surface area (Å²) in [6.07, 6.45) is 1.85. The number of nitrogens with one attached hydrogen (secondary N) is 2. The zero-order valence-corrected chi connectivity index (χ0v) is 16.4. The lowest BCUT2D eigenvalue weighted by Gasteiger charge is -2.19. The fourth-order valence-corrected chi connectivity index (χ4v) is 3.55. The Balaban J connectivity index is 1.85. The van der Waals surface area contributed by atoms with E-state index in [1.54, 1.807) is 32.4 Å². The average molecular weight is 402 g/mol. The molecule has 9 heteroatoms. The van der Waals surface area contributed by atoms with Gasteiger partial charge in [0.15, 0.2) is 11.5 Å². The fourth-order valence-electron chi connectivity index (χ4n) is 2.90. The van der Waals surface area contributed by atoms with Crippen LogP contribution >= 0.6 is 0 Å². The minimum Gasteiger partial charge on any atom is -0.493 e. The highest BCUT2D eigenvalue weighted by molar-refractivity contribution is 7.88. The number of anilines is 1. The van der Waals surface area contributed by atoms with Crippen molar-refractivity contribution in [1.29, 1.82) is 0 Å². The topological polar surface area (TPSA) is 115 Å². The molecule has 0 saturated heterocycles. The van der Waals surface area contributed by atoms with Crippen LogP contribution in [0.2, 0.25) is 0 Å². The number of hydrogen-bond acceptors (Lipinski definition) is 7. The molecule has 148 valence electrons. The van der Waals surface area contributed by atoms with Crippen LogP contribution in [0.5, 0.6) is 11.5 Å². The zero-order valence-electron chi connectivity index (χ0n) is 15.6. The summed E-state index contributed by atoms with van der Waals surface area (Å²) in [4.78, 5) is 4.50. The molecule has 8 nitrogen and oxygen atoms in total. The summed E-state index contributed by atoms with van der Waals surface area (Å²) < 4.78 is 33.5. The highest BCUT2D eigenvalue weighted by Crippen LogP contribution is 2.32. The number of para-hydroxylation sites is 1. The van der Waals surface area contributed by atoms with Gasteiger partial charge < -0.3 is 20.1 Å². The van der Waals surface area contributed by atoms with Crippen LogP contribution in [-0.2, 0) is 15.8 Å². The molecule has 28 heavy (non-hydrogen) atoms. The van der Waals surface area contributed by atoms with Gasteiger partial charge in [-0.25, -0.2) is 13.6 Å². The number of hydrogen-bond donors (Lipinski definition) is 3. The van der Waals surface area contributed by atoms with E-state index >= 15 is 0 Å². The minimum absolute atomic E-state index is 0.220. The summed E-state index contributed by atoms with van der Waals surface area (Å²) in [7, 11) is -0.416. The molecule has 0 aliphatic carbocycles. The maximum atomic E-state index is 11.3. The van der Waals surface area contributed by atoms with Gasteiger partial charge in [-0.05, 0) is 29.8 Å². The Bertz CT molecular complexity index is 1030. The van der Waals surface area contributed by atoms with E-state index in [0.29, 0.717) is 23.7 Å². The first kappa shape index (κ1) is 19.7. The summed E-state index contributed by atoms with van der Waals surface area (Å²) in [5.41, 5.74) is 2.88. The second-order valence-electron chi connectivity index (χ2n) is 6.11. The number of nitrogens with zero attached hydrogens (tertiary/aromatic N) is 1. The number of nitrogens with two attached hydrogens (primary N) is 1. The number of allylic oxidation sites excluding steroid dienone is 1. The lowest BCUT2D eigenvalue weighted by atomic mass is 10.1. The van der Waals surface area contributed by atoms with Gasteiger partial charge in [-0.15, -0.1) is 0 Å². The molecular formula is C19H22N4O4S. The Morgan fingerprint density at radius 2 is 1.96 bits per heavy atom. The van der Waals surface area contributed by atoms with E-state index in [1.807, 2.05) is 30.3 Å². The number of benzene rings is 2. The molecule has 2 aromatic carbocycles. The van der Waals surface area contributed by atoms with Gasteiger partial charge in [0.1, 0.15) is 12.5 Å². The van der Waals surface area contributed by atoms with Gasteiger partial charge in [0.05, 0.1) is 25.7 Å². The summed E-state index contributed by atoms with van der Waals surface area (Å²) in [5, 5.41) is 11.5. The zero-order chi connectivity index (χ0) is 20.1. The normalized spacial score (nSPS) is 13.8. The summed E-state index contributed by atoms with van der Waals surface area (Å²) in [6.45, 7) is 0.380. The third-order valence-electron chi connectivity index (χ3n) is 4.05. The van der Waals surface area contributed by atoms with Crippen LogP contribution < -0.4 is 25.2 Å². The van der Waals surface area contributed by atoms with Crippen LogP contribution in [-0.4, -0.2) is 35.0 Å². The van der Waals surface area contributed by atoms with Gasteiger partial charge in [0, 0.05) is 17.3 Å². The number of primary sulfonamides is 1. The smallest absolute Gasteiger partial charge is 0.213 e. The molecule has 0 aromatic heterocycles. The van der Waals surface area contributed by atoms with Crippen molar-refractivity contribution in [2.75, 3.05) is 26.2 Å². The summed E-state index contributed by atoms with van der Waals surface area (Å²) >= 11 is 0. The molecule has 3 rings (SSSR count). The first-order valence-electron chi connectivity index (χ1n) is 8.47. The molecule has 0 saturated carbocycles. The molecule has 1 heterocycles. The van der Waals surface area contributed by atoms with E-state index in [4.69, 9.17) is 14.6 Å². The Kier molecular flexibility index (Phi) is 5.86. The predicted molar refractivity (Wildman–Crippen MR) is 109 cm³/mol. The molecule has 0 radical (unpaired) electrons. The van der Waals surface area contributed by atoms with Crippen LogP contribution in [0.15, 0.2) is 59.4 Å². The van der Waals surface area contributed by atoms with E-state index in [0.717, 1.165) is 22.8 Å². The van der Waals surface area contributed by atoms with Gasteiger partial charge in [-0.1, -0.05) is 18.2 Å². The maximum absolute atomic E-state index is 11.3. The van der Waals surface area contributed by atoms with Gasteiger partial charge in [-0.3, -0.25) is 4.99 Å². The van der Waals surface area contributed by atoms with E-state index < -0.39 is 10.0 Å². The molecule has 1 aliphatic heterocycles. The van der Waals surface area contributed by atoms with Crippen molar-refractivity contribution in [3.05, 3.63) is 65.5 Å². The van der Waals surface area contributed by atoms with E-state index in [9.17, 15) is 8.42 Å². The number of rotatable bonds is 7. The Morgan fingerprint density at radius 3 is 2.68 bits per heavy atom. The molecule has 0 fully saturated rings. The van der Waals surface area contributed by atoms with E-state index in [2.05, 4.69) is 15.6 Å². The largest absolute Gasteiger partial charge is 0.493 e. The minimum atomic E-state index is -3.59. The lowest BCUT2D eigenvalue weighted by Crippen LogP contribution is -2.26. The van der Waals surface area contributed by atoms with E-state index in [1.165, 1.54) is 0 Å². The highest BCUT2D eigenvalue weighted by Gasteiger charge is 2.16. The van der Waals surface area contributed by atoms with Gasteiger partial charge >= 0.3 is 0 Å². The van der Waals surface area contributed by atoms with Crippen molar-refractivity contribution in [3.8, 4) is 11.5 Å². The Hall–Kier alpha value is -3.04. The summed E-state index contributed by atoms with van der Waals surface area (Å²) in [5.74, 6) is 1.74. The molecule has 0 bridgehead atoms. The van der Waals surface area contributed by atoms with Crippen molar-refractivity contribution >= 4 is 21.4 Å². The summed E-state index contributed by atoms with van der Waals surface area (Å²) in [6, 6.07) is 12.7. The molecule has 1 aliphatic rings. The van der Waals surface area contributed by atoms with Crippen LogP contribution in [0.1, 0.15) is 11.1 Å². The molecule has 0 amide bonds.